The SMILES string of the molecule is O=C1NCc2cccc(Nc3cccc(-c4nncn4[C@@H]4CCCCC4(F)F)n3)c21. The van der Waals surface area contributed by atoms with Crippen molar-refractivity contribution in [2.75, 3.05) is 5.32 Å². The van der Waals surface area contributed by atoms with Gasteiger partial charge in [0.05, 0.1) is 11.3 Å². The van der Waals surface area contributed by atoms with Gasteiger partial charge in [-0.25, -0.2) is 13.8 Å². The Hall–Kier alpha value is -3.36. The van der Waals surface area contributed by atoms with Gasteiger partial charge in [-0.2, -0.15) is 0 Å². The van der Waals surface area contributed by atoms with Crippen LogP contribution < -0.4 is 10.6 Å². The molecule has 1 saturated carbocycles. The number of aromatic nitrogens is 4. The first kappa shape index (κ1) is 18.7. The fraction of sp³-hybridized carbons (Fsp3) is 0.333. The van der Waals surface area contributed by atoms with E-state index >= 15 is 0 Å². The van der Waals surface area contributed by atoms with Crippen LogP contribution in [0.1, 0.15) is 47.6 Å². The van der Waals surface area contributed by atoms with Crippen molar-refractivity contribution in [2.24, 2.45) is 0 Å². The first-order valence-electron chi connectivity index (χ1n) is 9.95. The molecular formula is C21H20F2N6O. The van der Waals surface area contributed by atoms with Crippen molar-refractivity contribution in [1.82, 2.24) is 25.1 Å². The molecule has 3 heterocycles. The maximum absolute atomic E-state index is 14.5. The summed E-state index contributed by atoms with van der Waals surface area (Å²) in [6, 6.07) is 9.84. The van der Waals surface area contributed by atoms with Crippen molar-refractivity contribution < 1.29 is 13.6 Å². The first-order valence-corrected chi connectivity index (χ1v) is 9.95. The molecule has 0 saturated heterocycles. The van der Waals surface area contributed by atoms with Gasteiger partial charge in [-0.1, -0.05) is 24.6 Å². The zero-order valence-electron chi connectivity index (χ0n) is 16.1. The number of amides is 1. The fourth-order valence-electron chi connectivity index (χ4n) is 4.22. The lowest BCUT2D eigenvalue weighted by atomic mass is 9.91. The van der Waals surface area contributed by atoms with Crippen LogP contribution in [0.3, 0.4) is 0 Å². The van der Waals surface area contributed by atoms with E-state index in [1.54, 1.807) is 18.2 Å². The number of hydrogen-bond acceptors (Lipinski definition) is 5. The van der Waals surface area contributed by atoms with Crippen LogP contribution in [-0.2, 0) is 6.54 Å². The highest BCUT2D eigenvalue weighted by molar-refractivity contribution is 6.04. The van der Waals surface area contributed by atoms with Crippen LogP contribution in [-0.4, -0.2) is 31.6 Å². The van der Waals surface area contributed by atoms with Crippen LogP contribution in [0.5, 0.6) is 0 Å². The van der Waals surface area contributed by atoms with Crippen LogP contribution in [0.2, 0.25) is 0 Å². The van der Waals surface area contributed by atoms with Gasteiger partial charge < -0.3 is 15.2 Å². The summed E-state index contributed by atoms with van der Waals surface area (Å²) in [4.78, 5) is 16.7. The molecule has 1 atom stereocenters. The Kier molecular flexibility index (Phi) is 4.45. The summed E-state index contributed by atoms with van der Waals surface area (Å²) < 4.78 is 30.5. The Morgan fingerprint density at radius 3 is 2.90 bits per heavy atom. The predicted octanol–water partition coefficient (Wildman–Crippen LogP) is 4.08. The molecule has 1 fully saturated rings. The fourth-order valence-corrected chi connectivity index (χ4v) is 4.22. The Morgan fingerprint density at radius 2 is 2.03 bits per heavy atom. The molecule has 30 heavy (non-hydrogen) atoms. The summed E-state index contributed by atoms with van der Waals surface area (Å²) in [6.07, 6.45) is 2.86. The molecule has 7 nitrogen and oxygen atoms in total. The lowest BCUT2D eigenvalue weighted by molar-refractivity contribution is -0.0777. The summed E-state index contributed by atoms with van der Waals surface area (Å²) >= 11 is 0. The third kappa shape index (κ3) is 3.20. The number of carbonyl (C=O) groups excluding carboxylic acids is 1. The molecule has 2 aromatic heterocycles. The van der Waals surface area contributed by atoms with E-state index in [9.17, 15) is 13.6 Å². The highest BCUT2D eigenvalue weighted by atomic mass is 19.3. The molecule has 1 aromatic carbocycles. The predicted molar refractivity (Wildman–Crippen MR) is 107 cm³/mol. The van der Waals surface area contributed by atoms with E-state index in [-0.39, 0.29) is 12.3 Å². The van der Waals surface area contributed by atoms with E-state index < -0.39 is 12.0 Å². The monoisotopic (exact) mass is 410 g/mol. The Labute approximate surface area is 171 Å². The van der Waals surface area contributed by atoms with E-state index in [1.165, 1.54) is 10.9 Å². The zero-order valence-corrected chi connectivity index (χ0v) is 16.1. The number of benzene rings is 1. The first-order chi connectivity index (χ1) is 14.5. The second-order valence-electron chi connectivity index (χ2n) is 7.64. The van der Waals surface area contributed by atoms with Gasteiger partial charge in [0.25, 0.3) is 11.8 Å². The second kappa shape index (κ2) is 7.16. The second-order valence-corrected chi connectivity index (χ2v) is 7.64. The van der Waals surface area contributed by atoms with Gasteiger partial charge in [-0.05, 0) is 36.6 Å². The van der Waals surface area contributed by atoms with Gasteiger partial charge in [0.1, 0.15) is 23.9 Å². The number of anilines is 2. The van der Waals surface area contributed by atoms with Crippen molar-refractivity contribution in [2.45, 2.75) is 44.2 Å². The van der Waals surface area contributed by atoms with Gasteiger partial charge in [0.15, 0.2) is 5.82 Å². The van der Waals surface area contributed by atoms with Crippen LogP contribution in [0.25, 0.3) is 11.5 Å². The van der Waals surface area contributed by atoms with Crippen LogP contribution in [0.15, 0.2) is 42.7 Å². The molecule has 154 valence electrons. The molecule has 5 rings (SSSR count). The number of hydrogen-bond donors (Lipinski definition) is 2. The van der Waals surface area contributed by atoms with E-state index in [0.717, 1.165) is 12.0 Å². The van der Waals surface area contributed by atoms with Crippen molar-refractivity contribution >= 4 is 17.4 Å². The van der Waals surface area contributed by atoms with E-state index in [0.29, 0.717) is 48.0 Å². The molecule has 1 aliphatic carbocycles. The average molecular weight is 410 g/mol. The molecule has 0 unspecified atom stereocenters. The molecule has 2 aliphatic rings. The van der Waals surface area contributed by atoms with Crippen molar-refractivity contribution in [1.29, 1.82) is 0 Å². The molecule has 9 heteroatoms. The lowest BCUT2D eigenvalue weighted by Gasteiger charge is -2.32. The van der Waals surface area contributed by atoms with Crippen LogP contribution in [0, 0.1) is 0 Å². The maximum Gasteiger partial charge on any atom is 0.268 e. The number of nitrogens with zero attached hydrogens (tertiary/aromatic N) is 4. The maximum atomic E-state index is 14.5. The number of fused-ring (bicyclic) bond motifs is 1. The average Bonchev–Trinajstić information content (AvgIpc) is 3.36. The van der Waals surface area contributed by atoms with Crippen LogP contribution >= 0.6 is 0 Å². The largest absolute Gasteiger partial charge is 0.348 e. The van der Waals surface area contributed by atoms with E-state index in [4.69, 9.17) is 0 Å². The molecule has 1 aliphatic heterocycles. The van der Waals surface area contributed by atoms with Crippen molar-refractivity contribution in [3.8, 4) is 11.5 Å². The van der Waals surface area contributed by atoms with Gasteiger partial charge in [-0.15, -0.1) is 10.2 Å². The smallest absolute Gasteiger partial charge is 0.268 e. The van der Waals surface area contributed by atoms with Crippen LogP contribution in [0.4, 0.5) is 20.3 Å². The van der Waals surface area contributed by atoms with E-state index in [1.807, 2.05) is 18.2 Å². The standard InChI is InChI=1S/C21H20F2N6O/c22-21(23)10-2-1-8-16(21)29-12-25-28-19(29)15-7-4-9-17(27-15)26-14-6-3-5-13-11-24-20(30)18(13)14/h3-7,9,12,16H,1-2,8,10-11H2,(H,24,30)(H,26,27)/t16-/m1/s1. The van der Waals surface area contributed by atoms with E-state index in [2.05, 4.69) is 25.8 Å². The summed E-state index contributed by atoms with van der Waals surface area (Å²) in [7, 11) is 0. The third-order valence-electron chi connectivity index (χ3n) is 5.69. The van der Waals surface area contributed by atoms with Crippen molar-refractivity contribution in [3.63, 3.8) is 0 Å². The number of carbonyl (C=O) groups is 1. The molecule has 0 radical (unpaired) electrons. The molecule has 1 amide bonds. The van der Waals surface area contributed by atoms with Gasteiger partial charge in [0, 0.05) is 13.0 Å². The summed E-state index contributed by atoms with van der Waals surface area (Å²) in [5.74, 6) is -2.14. The zero-order chi connectivity index (χ0) is 20.7. The minimum Gasteiger partial charge on any atom is -0.348 e. The normalized spacial score (nSPS) is 19.9. The number of nitrogens with one attached hydrogen (secondary N) is 2. The Bertz CT molecular complexity index is 1110. The number of pyridine rings is 1. The molecule has 0 spiro atoms. The molecular weight excluding hydrogens is 390 g/mol. The summed E-state index contributed by atoms with van der Waals surface area (Å²) in [5.41, 5.74) is 2.60. The number of alkyl halides is 2. The lowest BCUT2D eigenvalue weighted by Crippen LogP contribution is -2.34. The minimum atomic E-state index is -2.80. The quantitative estimate of drug-likeness (QED) is 0.677. The molecule has 3 aromatic rings. The Morgan fingerprint density at radius 1 is 1.17 bits per heavy atom. The summed E-state index contributed by atoms with van der Waals surface area (Å²) in [6.45, 7) is 0.496. The van der Waals surface area contributed by atoms with Gasteiger partial charge >= 0.3 is 0 Å². The van der Waals surface area contributed by atoms with Crippen molar-refractivity contribution in [3.05, 3.63) is 53.9 Å². The van der Waals surface area contributed by atoms with Gasteiger partial charge in [-0.3, -0.25) is 4.79 Å². The molecule has 0 bridgehead atoms. The highest BCUT2D eigenvalue weighted by Crippen LogP contribution is 2.42. The topological polar surface area (TPSA) is 84.7 Å². The highest BCUT2D eigenvalue weighted by Gasteiger charge is 2.43. The minimum absolute atomic E-state index is 0.133. The summed E-state index contributed by atoms with van der Waals surface area (Å²) in [5, 5.41) is 13.9. The van der Waals surface area contributed by atoms with Gasteiger partial charge in [0.2, 0.25) is 0 Å². The number of halogens is 2. The third-order valence-corrected chi connectivity index (χ3v) is 5.69. The Balaban J connectivity index is 1.47. The molecule has 2 N–H and O–H groups in total. The number of rotatable bonds is 4.